The fraction of sp³-hybridized carbons (Fsp3) is 0.444. The number of rotatable bonds is 6. The third-order valence-corrected chi connectivity index (χ3v) is 4.57. The standard InChI is InChI=1S/C18H22ClN3O2/c19-15-4-6-16(7-5-15)24-17-8-10-22(11-9-17)18(23)3-1-2-14-12-20-21-13-14/h4-7,12-13,17H,1-3,8-11H2,(H,20,21). The number of hydrogen-bond acceptors (Lipinski definition) is 3. The molecule has 0 bridgehead atoms. The van der Waals surface area contributed by atoms with Crippen LogP contribution in [-0.4, -0.2) is 40.2 Å². The lowest BCUT2D eigenvalue weighted by atomic mass is 10.1. The van der Waals surface area contributed by atoms with Crippen molar-refractivity contribution >= 4 is 17.5 Å². The van der Waals surface area contributed by atoms with Gasteiger partial charge in [0.05, 0.1) is 6.20 Å². The lowest BCUT2D eigenvalue weighted by molar-refractivity contribution is -0.133. The first-order valence-electron chi connectivity index (χ1n) is 8.38. The number of aromatic amines is 1. The van der Waals surface area contributed by atoms with Crippen LogP contribution < -0.4 is 4.74 Å². The topological polar surface area (TPSA) is 58.2 Å². The van der Waals surface area contributed by atoms with E-state index in [-0.39, 0.29) is 12.0 Å². The summed E-state index contributed by atoms with van der Waals surface area (Å²) >= 11 is 5.88. The van der Waals surface area contributed by atoms with Crippen molar-refractivity contribution in [2.24, 2.45) is 0 Å². The van der Waals surface area contributed by atoms with E-state index in [2.05, 4.69) is 10.2 Å². The highest BCUT2D eigenvalue weighted by Gasteiger charge is 2.23. The van der Waals surface area contributed by atoms with Gasteiger partial charge in [-0.05, 0) is 42.7 Å². The minimum atomic E-state index is 0.168. The maximum Gasteiger partial charge on any atom is 0.222 e. The molecule has 24 heavy (non-hydrogen) atoms. The Morgan fingerprint density at radius 3 is 2.71 bits per heavy atom. The largest absolute Gasteiger partial charge is 0.490 e. The van der Waals surface area contributed by atoms with Gasteiger partial charge in [0.2, 0.25) is 5.91 Å². The van der Waals surface area contributed by atoms with Gasteiger partial charge in [-0.25, -0.2) is 0 Å². The number of carbonyl (C=O) groups is 1. The van der Waals surface area contributed by atoms with Crippen LogP contribution in [0.1, 0.15) is 31.2 Å². The zero-order valence-electron chi connectivity index (χ0n) is 13.6. The Balaban J connectivity index is 1.38. The van der Waals surface area contributed by atoms with Crippen molar-refractivity contribution in [2.75, 3.05) is 13.1 Å². The summed E-state index contributed by atoms with van der Waals surface area (Å²) in [6.45, 7) is 1.53. The lowest BCUT2D eigenvalue weighted by Gasteiger charge is -2.32. The number of nitrogens with one attached hydrogen (secondary N) is 1. The molecular weight excluding hydrogens is 326 g/mol. The summed E-state index contributed by atoms with van der Waals surface area (Å²) < 4.78 is 5.96. The predicted octanol–water partition coefficient (Wildman–Crippen LogP) is 3.46. The van der Waals surface area contributed by atoms with E-state index in [1.165, 1.54) is 0 Å². The van der Waals surface area contributed by atoms with Gasteiger partial charge in [-0.15, -0.1) is 0 Å². The molecule has 1 aromatic carbocycles. The summed E-state index contributed by atoms with van der Waals surface area (Å²) in [5.41, 5.74) is 1.15. The molecule has 0 spiro atoms. The highest BCUT2D eigenvalue weighted by molar-refractivity contribution is 6.30. The number of carbonyl (C=O) groups excluding carboxylic acids is 1. The van der Waals surface area contributed by atoms with Gasteiger partial charge in [-0.2, -0.15) is 5.10 Å². The molecular formula is C18H22ClN3O2. The Morgan fingerprint density at radius 2 is 2.04 bits per heavy atom. The van der Waals surface area contributed by atoms with Crippen molar-refractivity contribution in [1.29, 1.82) is 0 Å². The first-order valence-corrected chi connectivity index (χ1v) is 8.76. The monoisotopic (exact) mass is 347 g/mol. The van der Waals surface area contributed by atoms with Crippen molar-refractivity contribution in [1.82, 2.24) is 15.1 Å². The normalized spacial score (nSPS) is 15.5. The van der Waals surface area contributed by atoms with Gasteiger partial charge in [0.25, 0.3) is 0 Å². The van der Waals surface area contributed by atoms with Gasteiger partial charge < -0.3 is 9.64 Å². The van der Waals surface area contributed by atoms with Crippen LogP contribution in [0.3, 0.4) is 0 Å². The average Bonchev–Trinajstić information content (AvgIpc) is 3.11. The van der Waals surface area contributed by atoms with E-state index >= 15 is 0 Å². The predicted molar refractivity (Wildman–Crippen MR) is 93.2 cm³/mol. The molecule has 3 rings (SSSR count). The van der Waals surface area contributed by atoms with Gasteiger partial charge in [-0.3, -0.25) is 9.89 Å². The number of amides is 1. The van der Waals surface area contributed by atoms with E-state index in [0.29, 0.717) is 11.4 Å². The van der Waals surface area contributed by atoms with E-state index in [0.717, 1.165) is 50.1 Å². The zero-order chi connectivity index (χ0) is 16.8. The molecule has 1 N–H and O–H groups in total. The van der Waals surface area contributed by atoms with Crippen LogP contribution in [0.4, 0.5) is 0 Å². The number of H-pyrrole nitrogens is 1. The van der Waals surface area contributed by atoms with Crippen molar-refractivity contribution in [3.8, 4) is 5.75 Å². The smallest absolute Gasteiger partial charge is 0.222 e. The minimum Gasteiger partial charge on any atom is -0.490 e. The third kappa shape index (κ3) is 4.74. The van der Waals surface area contributed by atoms with Crippen LogP contribution in [-0.2, 0) is 11.2 Å². The Kier molecular flexibility index (Phi) is 5.75. The van der Waals surface area contributed by atoms with Gasteiger partial charge in [0.1, 0.15) is 11.9 Å². The average molecular weight is 348 g/mol. The first kappa shape index (κ1) is 16.8. The number of halogens is 1. The summed E-state index contributed by atoms with van der Waals surface area (Å²) in [5.74, 6) is 1.08. The number of nitrogens with zero attached hydrogens (tertiary/aromatic N) is 2. The number of benzene rings is 1. The van der Waals surface area contributed by atoms with Crippen molar-refractivity contribution in [2.45, 2.75) is 38.2 Å². The molecule has 6 heteroatoms. The molecule has 1 aliphatic rings. The molecule has 2 heterocycles. The van der Waals surface area contributed by atoms with Crippen molar-refractivity contribution < 1.29 is 9.53 Å². The Bertz CT molecular complexity index is 635. The number of likely N-dealkylation sites (tertiary alicyclic amines) is 1. The number of aryl methyl sites for hydroxylation is 1. The Labute approximate surface area is 147 Å². The van der Waals surface area contributed by atoms with E-state index in [4.69, 9.17) is 16.3 Å². The molecule has 1 saturated heterocycles. The van der Waals surface area contributed by atoms with Gasteiger partial charge >= 0.3 is 0 Å². The van der Waals surface area contributed by atoms with E-state index in [1.807, 2.05) is 41.6 Å². The Hall–Kier alpha value is -2.01. The molecule has 0 radical (unpaired) electrons. The van der Waals surface area contributed by atoms with Gasteiger partial charge in [0, 0.05) is 43.6 Å². The van der Waals surface area contributed by atoms with Crippen LogP contribution in [0.5, 0.6) is 5.75 Å². The highest BCUT2D eigenvalue weighted by atomic mass is 35.5. The Morgan fingerprint density at radius 1 is 1.29 bits per heavy atom. The van der Waals surface area contributed by atoms with E-state index in [1.54, 1.807) is 0 Å². The fourth-order valence-electron chi connectivity index (χ4n) is 2.94. The minimum absolute atomic E-state index is 0.168. The van der Waals surface area contributed by atoms with Gasteiger partial charge in [-0.1, -0.05) is 11.6 Å². The quantitative estimate of drug-likeness (QED) is 0.870. The fourth-order valence-corrected chi connectivity index (χ4v) is 3.07. The number of aromatic nitrogens is 2. The number of hydrogen-bond donors (Lipinski definition) is 1. The van der Waals surface area contributed by atoms with E-state index in [9.17, 15) is 4.79 Å². The molecule has 0 atom stereocenters. The van der Waals surface area contributed by atoms with Gasteiger partial charge in [0.15, 0.2) is 0 Å². The second-order valence-corrected chi connectivity index (χ2v) is 6.55. The second-order valence-electron chi connectivity index (χ2n) is 6.11. The summed E-state index contributed by atoms with van der Waals surface area (Å²) in [6.07, 6.45) is 7.94. The number of ether oxygens (including phenoxy) is 1. The molecule has 2 aromatic rings. The van der Waals surface area contributed by atoms with Crippen LogP contribution in [0.2, 0.25) is 5.02 Å². The van der Waals surface area contributed by atoms with Crippen LogP contribution in [0.15, 0.2) is 36.7 Å². The van der Waals surface area contributed by atoms with E-state index < -0.39 is 0 Å². The second kappa shape index (κ2) is 8.20. The maximum absolute atomic E-state index is 12.3. The summed E-state index contributed by atoms with van der Waals surface area (Å²) in [4.78, 5) is 14.2. The molecule has 0 aliphatic carbocycles. The van der Waals surface area contributed by atoms with Crippen LogP contribution in [0.25, 0.3) is 0 Å². The third-order valence-electron chi connectivity index (χ3n) is 4.32. The molecule has 1 aromatic heterocycles. The molecule has 0 saturated carbocycles. The first-order chi connectivity index (χ1) is 11.7. The summed E-state index contributed by atoms with van der Waals surface area (Å²) in [7, 11) is 0. The lowest BCUT2D eigenvalue weighted by Crippen LogP contribution is -2.41. The highest BCUT2D eigenvalue weighted by Crippen LogP contribution is 2.21. The molecule has 0 unspecified atom stereocenters. The van der Waals surface area contributed by atoms with Crippen molar-refractivity contribution in [3.05, 3.63) is 47.2 Å². The molecule has 128 valence electrons. The van der Waals surface area contributed by atoms with Crippen molar-refractivity contribution in [3.63, 3.8) is 0 Å². The zero-order valence-corrected chi connectivity index (χ0v) is 14.3. The molecule has 1 amide bonds. The van der Waals surface area contributed by atoms with Crippen LogP contribution >= 0.6 is 11.6 Å². The molecule has 1 fully saturated rings. The molecule has 1 aliphatic heterocycles. The van der Waals surface area contributed by atoms with Crippen LogP contribution in [0, 0.1) is 0 Å². The number of piperidine rings is 1. The summed E-state index contributed by atoms with van der Waals surface area (Å²) in [6, 6.07) is 7.43. The maximum atomic E-state index is 12.3. The molecule has 5 nitrogen and oxygen atoms in total. The summed E-state index contributed by atoms with van der Waals surface area (Å²) in [5, 5.41) is 7.41. The SMILES string of the molecule is O=C(CCCc1cn[nH]c1)N1CCC(Oc2ccc(Cl)cc2)CC1.